The Labute approximate surface area is 160 Å². The van der Waals surface area contributed by atoms with E-state index in [9.17, 15) is 9.90 Å². The summed E-state index contributed by atoms with van der Waals surface area (Å²) in [5.41, 5.74) is 5.63. The Morgan fingerprint density at radius 2 is 1.70 bits per heavy atom. The summed E-state index contributed by atoms with van der Waals surface area (Å²) in [6.45, 7) is 9.75. The van der Waals surface area contributed by atoms with Crippen molar-refractivity contribution < 1.29 is 14.6 Å². The number of rotatable bonds is 3. The SMILES string of the molecule is C=C1BC(C(=C)O)N(C(=O)OCC2c3ccccc3-c3ccccc32)C1C. The van der Waals surface area contributed by atoms with Gasteiger partial charge in [-0.2, -0.15) is 0 Å². The maximum absolute atomic E-state index is 12.8. The van der Waals surface area contributed by atoms with E-state index in [0.717, 1.165) is 5.47 Å². The normalized spacial score (nSPS) is 20.8. The van der Waals surface area contributed by atoms with Gasteiger partial charge in [0.1, 0.15) is 6.61 Å². The van der Waals surface area contributed by atoms with E-state index in [2.05, 4.69) is 37.4 Å². The first-order chi connectivity index (χ1) is 13.0. The maximum Gasteiger partial charge on any atom is 0.410 e. The van der Waals surface area contributed by atoms with Crippen molar-refractivity contribution in [1.29, 1.82) is 0 Å². The highest BCUT2D eigenvalue weighted by Gasteiger charge is 2.41. The summed E-state index contributed by atoms with van der Waals surface area (Å²) in [7, 11) is 0.515. The van der Waals surface area contributed by atoms with E-state index in [1.807, 2.05) is 31.2 Å². The van der Waals surface area contributed by atoms with Gasteiger partial charge in [-0.15, -0.1) is 6.58 Å². The number of ether oxygens (including phenoxy) is 1. The molecule has 1 aliphatic heterocycles. The van der Waals surface area contributed by atoms with Crippen molar-refractivity contribution in [3.05, 3.63) is 84.0 Å². The minimum atomic E-state index is -0.469. The second kappa shape index (κ2) is 6.65. The summed E-state index contributed by atoms with van der Waals surface area (Å²) in [6.07, 6.45) is -0.441. The maximum atomic E-state index is 12.8. The van der Waals surface area contributed by atoms with E-state index in [4.69, 9.17) is 4.74 Å². The molecular formula is C22H22BNO3. The molecule has 1 aliphatic carbocycles. The van der Waals surface area contributed by atoms with Crippen molar-refractivity contribution in [2.24, 2.45) is 0 Å². The molecular weight excluding hydrogens is 337 g/mol. The minimum Gasteiger partial charge on any atom is -0.512 e. The average molecular weight is 359 g/mol. The van der Waals surface area contributed by atoms with Gasteiger partial charge in [-0.05, 0) is 29.2 Å². The van der Waals surface area contributed by atoms with Gasteiger partial charge in [0, 0.05) is 12.0 Å². The Hall–Kier alpha value is -2.95. The minimum absolute atomic E-state index is 0.0123. The van der Waals surface area contributed by atoms with Gasteiger partial charge >= 0.3 is 6.09 Å². The molecule has 1 heterocycles. The third kappa shape index (κ3) is 2.83. The van der Waals surface area contributed by atoms with Crippen LogP contribution in [0.3, 0.4) is 0 Å². The predicted molar refractivity (Wildman–Crippen MR) is 108 cm³/mol. The number of aliphatic hydroxyl groups excluding tert-OH is 1. The molecule has 2 aromatic carbocycles. The topological polar surface area (TPSA) is 49.8 Å². The lowest BCUT2D eigenvalue weighted by Crippen LogP contribution is -2.42. The zero-order valence-corrected chi connectivity index (χ0v) is 15.4. The number of amides is 1. The van der Waals surface area contributed by atoms with Crippen molar-refractivity contribution in [1.82, 2.24) is 4.90 Å². The summed E-state index contributed by atoms with van der Waals surface area (Å²) in [6, 6.07) is 16.3. The van der Waals surface area contributed by atoms with Gasteiger partial charge in [0.15, 0.2) is 7.28 Å². The smallest absolute Gasteiger partial charge is 0.410 e. The van der Waals surface area contributed by atoms with E-state index in [1.165, 1.54) is 27.2 Å². The lowest BCUT2D eigenvalue weighted by atomic mass is 9.65. The highest BCUT2D eigenvalue weighted by molar-refractivity contribution is 6.50. The molecule has 0 aromatic heterocycles. The molecule has 27 heavy (non-hydrogen) atoms. The highest BCUT2D eigenvalue weighted by atomic mass is 16.6. The number of fused-ring (bicyclic) bond motifs is 3. The molecule has 1 N–H and O–H groups in total. The molecule has 5 heteroatoms. The van der Waals surface area contributed by atoms with Crippen LogP contribution >= 0.6 is 0 Å². The van der Waals surface area contributed by atoms with Crippen LogP contribution in [0.4, 0.5) is 4.79 Å². The molecule has 2 atom stereocenters. The van der Waals surface area contributed by atoms with Crippen LogP contribution in [0.25, 0.3) is 11.1 Å². The molecule has 1 fully saturated rings. The third-order valence-corrected chi connectivity index (χ3v) is 5.73. The Morgan fingerprint density at radius 1 is 1.15 bits per heavy atom. The molecule has 0 saturated carbocycles. The fourth-order valence-corrected chi connectivity index (χ4v) is 4.22. The summed E-state index contributed by atoms with van der Waals surface area (Å²) in [5.74, 6) is -0.490. The average Bonchev–Trinajstić information content (AvgIpc) is 3.15. The van der Waals surface area contributed by atoms with E-state index in [0.29, 0.717) is 7.28 Å². The van der Waals surface area contributed by atoms with Crippen molar-refractivity contribution in [3.8, 4) is 11.1 Å². The number of hydrogen-bond donors (Lipinski definition) is 1. The molecule has 4 nitrogen and oxygen atoms in total. The van der Waals surface area contributed by atoms with E-state index >= 15 is 0 Å². The zero-order valence-electron chi connectivity index (χ0n) is 15.4. The Morgan fingerprint density at radius 3 is 2.26 bits per heavy atom. The molecule has 0 spiro atoms. The Balaban J connectivity index is 1.56. The van der Waals surface area contributed by atoms with Gasteiger partial charge in [-0.25, -0.2) is 4.79 Å². The number of nitrogens with zero attached hydrogens (tertiary/aromatic N) is 1. The predicted octanol–water partition coefficient (Wildman–Crippen LogP) is 3.99. The van der Waals surface area contributed by atoms with Crippen LogP contribution < -0.4 is 0 Å². The first-order valence-corrected chi connectivity index (χ1v) is 9.17. The molecule has 1 saturated heterocycles. The van der Waals surface area contributed by atoms with Gasteiger partial charge in [0.2, 0.25) is 0 Å². The van der Waals surface area contributed by atoms with Gasteiger partial charge in [-0.3, -0.25) is 4.90 Å². The highest BCUT2D eigenvalue weighted by Crippen LogP contribution is 2.44. The van der Waals surface area contributed by atoms with Crippen LogP contribution in [0.15, 0.2) is 72.9 Å². The second-order valence-electron chi connectivity index (χ2n) is 7.26. The fraction of sp³-hybridized carbons (Fsp3) is 0.227. The lowest BCUT2D eigenvalue weighted by Gasteiger charge is -2.28. The molecule has 0 radical (unpaired) electrons. The first kappa shape index (κ1) is 17.5. The van der Waals surface area contributed by atoms with Gasteiger partial charge in [0.05, 0.1) is 11.7 Å². The first-order valence-electron chi connectivity index (χ1n) is 9.17. The van der Waals surface area contributed by atoms with Gasteiger partial charge in [-0.1, -0.05) is 60.6 Å². The van der Waals surface area contributed by atoms with Crippen LogP contribution in [-0.4, -0.2) is 42.0 Å². The molecule has 4 rings (SSSR count). The van der Waals surface area contributed by atoms with Crippen molar-refractivity contribution in [2.75, 3.05) is 6.61 Å². The lowest BCUT2D eigenvalue weighted by molar-refractivity contribution is 0.0893. The Bertz CT molecular complexity index is 893. The standard InChI is InChI=1S/C22H22BNO3/c1-13-14(2)24(21(23-13)15(3)25)22(26)27-12-20-18-10-6-4-8-16(18)17-9-5-7-11-19(17)20/h4-11,14,20-21,23,25H,1,3,12H2,2H3. The number of carbonyl (C=O) groups excluding carboxylic acids is 1. The van der Waals surface area contributed by atoms with Gasteiger partial charge < -0.3 is 9.84 Å². The summed E-state index contributed by atoms with van der Waals surface area (Å²) < 4.78 is 5.72. The molecule has 136 valence electrons. The monoisotopic (exact) mass is 359 g/mol. The molecule has 1 amide bonds. The zero-order chi connectivity index (χ0) is 19.1. The van der Waals surface area contributed by atoms with E-state index in [-0.39, 0.29) is 24.3 Å². The molecule has 2 unspecified atom stereocenters. The number of carbonyl (C=O) groups is 1. The van der Waals surface area contributed by atoms with Crippen molar-refractivity contribution in [3.63, 3.8) is 0 Å². The second-order valence-corrected chi connectivity index (χ2v) is 7.26. The number of hydrogen-bond acceptors (Lipinski definition) is 3. The quantitative estimate of drug-likeness (QED) is 0.666. The number of aliphatic hydroxyl groups is 1. The summed E-state index contributed by atoms with van der Waals surface area (Å²) in [5, 5.41) is 9.86. The van der Waals surface area contributed by atoms with Crippen LogP contribution in [0, 0.1) is 0 Å². The van der Waals surface area contributed by atoms with Crippen molar-refractivity contribution in [2.45, 2.75) is 24.8 Å². The fourth-order valence-electron chi connectivity index (χ4n) is 4.22. The van der Waals surface area contributed by atoms with Crippen LogP contribution in [-0.2, 0) is 4.74 Å². The number of benzene rings is 2. The summed E-state index contributed by atoms with van der Waals surface area (Å²) in [4.78, 5) is 14.3. The molecule has 2 aromatic rings. The van der Waals surface area contributed by atoms with Crippen LogP contribution in [0.1, 0.15) is 24.0 Å². The largest absolute Gasteiger partial charge is 0.512 e. The van der Waals surface area contributed by atoms with E-state index in [1.54, 1.807) is 0 Å². The summed E-state index contributed by atoms with van der Waals surface area (Å²) >= 11 is 0. The molecule has 0 bridgehead atoms. The Kier molecular flexibility index (Phi) is 4.30. The third-order valence-electron chi connectivity index (χ3n) is 5.73. The van der Waals surface area contributed by atoms with E-state index < -0.39 is 12.0 Å². The van der Waals surface area contributed by atoms with Gasteiger partial charge in [0.25, 0.3) is 0 Å². The van der Waals surface area contributed by atoms with Crippen molar-refractivity contribution >= 4 is 13.4 Å². The van der Waals surface area contributed by atoms with Crippen LogP contribution in [0.5, 0.6) is 0 Å². The van der Waals surface area contributed by atoms with Crippen LogP contribution in [0.2, 0.25) is 0 Å². The molecule has 2 aliphatic rings.